The van der Waals surface area contributed by atoms with Crippen LogP contribution >= 0.6 is 15.9 Å². The molecule has 3 rings (SSSR count). The minimum atomic E-state index is -0.784. The van der Waals surface area contributed by atoms with Gasteiger partial charge in [0.1, 0.15) is 23.7 Å². The third-order valence-electron chi connectivity index (χ3n) is 3.70. The van der Waals surface area contributed by atoms with Gasteiger partial charge in [0.25, 0.3) is 11.8 Å². The number of benzene rings is 1. The molecule has 1 N–H and O–H groups in total. The van der Waals surface area contributed by atoms with Gasteiger partial charge in [-0.05, 0) is 51.8 Å². The van der Waals surface area contributed by atoms with Gasteiger partial charge < -0.3 is 9.15 Å². The van der Waals surface area contributed by atoms with E-state index >= 15 is 0 Å². The number of hydrogen-bond donors (Lipinski definition) is 1. The van der Waals surface area contributed by atoms with Crippen LogP contribution in [0.2, 0.25) is 0 Å². The molecule has 2 heterocycles. The van der Waals surface area contributed by atoms with E-state index in [1.807, 2.05) is 0 Å². The second-order valence-corrected chi connectivity index (χ2v) is 6.43. The van der Waals surface area contributed by atoms with Crippen LogP contribution in [-0.2, 0) is 16.1 Å². The zero-order chi connectivity index (χ0) is 19.4. The third-order valence-corrected chi connectivity index (χ3v) is 4.32. The summed E-state index contributed by atoms with van der Waals surface area (Å²) < 4.78 is 11.3. The van der Waals surface area contributed by atoms with Gasteiger partial charge in [0.05, 0.1) is 17.3 Å². The Morgan fingerprint density at radius 2 is 2.07 bits per heavy atom. The van der Waals surface area contributed by atoms with Crippen LogP contribution in [0, 0.1) is 0 Å². The Morgan fingerprint density at radius 3 is 2.74 bits per heavy atom. The molecule has 1 aliphatic rings. The first-order chi connectivity index (χ1) is 13.0. The highest BCUT2D eigenvalue weighted by molar-refractivity contribution is 9.10. The molecule has 1 fully saturated rings. The molecule has 1 aromatic carbocycles. The highest BCUT2D eigenvalue weighted by Crippen LogP contribution is 2.27. The summed E-state index contributed by atoms with van der Waals surface area (Å²) >= 11 is 3.38. The van der Waals surface area contributed by atoms with E-state index in [2.05, 4.69) is 27.8 Å². The fourth-order valence-corrected chi connectivity index (χ4v) is 2.95. The Balaban J connectivity index is 1.86. The molecular weight excluding hydrogens is 416 g/mol. The van der Waals surface area contributed by atoms with Gasteiger partial charge in [-0.2, -0.15) is 0 Å². The van der Waals surface area contributed by atoms with Gasteiger partial charge in [0.2, 0.25) is 0 Å². The van der Waals surface area contributed by atoms with Gasteiger partial charge in [-0.15, -0.1) is 0 Å². The highest BCUT2D eigenvalue weighted by Gasteiger charge is 2.36. The van der Waals surface area contributed by atoms with Crippen LogP contribution in [0.25, 0.3) is 6.08 Å². The van der Waals surface area contributed by atoms with E-state index in [0.29, 0.717) is 28.2 Å². The maximum absolute atomic E-state index is 12.7. The number of furan rings is 1. The molecule has 0 radical (unpaired) electrons. The van der Waals surface area contributed by atoms with Crippen molar-refractivity contribution in [3.63, 3.8) is 0 Å². The number of nitrogens with one attached hydrogen (secondary N) is 1. The molecule has 0 atom stereocenters. The molecular formula is C19H15BrN2O5. The second-order valence-electron chi connectivity index (χ2n) is 5.58. The average Bonchev–Trinajstić information content (AvgIpc) is 3.15. The molecule has 1 saturated heterocycles. The molecule has 0 aliphatic carbocycles. The first-order valence-electron chi connectivity index (χ1n) is 7.94. The zero-order valence-electron chi connectivity index (χ0n) is 14.1. The number of barbiturate groups is 1. The van der Waals surface area contributed by atoms with Gasteiger partial charge in [0, 0.05) is 0 Å². The van der Waals surface area contributed by atoms with Crippen LogP contribution in [0.5, 0.6) is 5.75 Å². The quantitative estimate of drug-likeness (QED) is 0.431. The fraction of sp³-hybridized carbons (Fsp3) is 0.105. The third kappa shape index (κ3) is 4.17. The Bertz CT molecular complexity index is 934. The topological polar surface area (TPSA) is 88.8 Å². The lowest BCUT2D eigenvalue weighted by Gasteiger charge is -2.25. The zero-order valence-corrected chi connectivity index (χ0v) is 15.7. The monoisotopic (exact) mass is 430 g/mol. The molecule has 1 aromatic heterocycles. The number of carbonyl (C=O) groups excluding carboxylic acids is 3. The number of nitrogens with zero attached hydrogens (tertiary/aromatic N) is 1. The predicted molar refractivity (Wildman–Crippen MR) is 101 cm³/mol. The molecule has 2 aromatic rings. The van der Waals surface area contributed by atoms with E-state index in [1.54, 1.807) is 36.4 Å². The number of rotatable bonds is 6. The smallest absolute Gasteiger partial charge is 0.331 e. The van der Waals surface area contributed by atoms with Crippen molar-refractivity contribution in [2.75, 3.05) is 6.61 Å². The summed E-state index contributed by atoms with van der Waals surface area (Å²) in [5, 5.41) is 2.17. The van der Waals surface area contributed by atoms with Crippen LogP contribution in [-0.4, -0.2) is 29.4 Å². The molecule has 0 bridgehead atoms. The van der Waals surface area contributed by atoms with Crippen LogP contribution in [0.1, 0.15) is 11.3 Å². The number of hydrogen-bond acceptors (Lipinski definition) is 5. The van der Waals surface area contributed by atoms with E-state index in [1.165, 1.54) is 12.3 Å². The molecule has 1 aliphatic heterocycles. The standard InChI is InChI=1S/C19H15BrN2O5/c1-2-7-27-16-6-5-12(10-15(16)20)9-14-17(23)21-19(25)22(18(14)24)11-13-4-3-8-26-13/h2-6,8-10H,1,7,11H2,(H,21,23,25)/b14-9+. The summed E-state index contributed by atoms with van der Waals surface area (Å²) in [6.07, 6.45) is 4.48. The van der Waals surface area contributed by atoms with Gasteiger partial charge in [-0.1, -0.05) is 18.7 Å². The van der Waals surface area contributed by atoms with Crippen LogP contribution < -0.4 is 10.1 Å². The summed E-state index contributed by atoms with van der Waals surface area (Å²) in [4.78, 5) is 37.7. The Hall–Kier alpha value is -3.13. The summed E-state index contributed by atoms with van der Waals surface area (Å²) in [7, 11) is 0. The number of ether oxygens (including phenoxy) is 1. The van der Waals surface area contributed by atoms with Crippen molar-refractivity contribution in [3.8, 4) is 5.75 Å². The van der Waals surface area contributed by atoms with Gasteiger partial charge >= 0.3 is 6.03 Å². The summed E-state index contributed by atoms with van der Waals surface area (Å²) in [6, 6.07) is 7.62. The van der Waals surface area contributed by atoms with Crippen molar-refractivity contribution in [1.82, 2.24) is 10.2 Å². The molecule has 8 heteroatoms. The van der Waals surface area contributed by atoms with Gasteiger partial charge in [0.15, 0.2) is 0 Å². The lowest BCUT2D eigenvalue weighted by molar-refractivity contribution is -0.130. The van der Waals surface area contributed by atoms with Crippen molar-refractivity contribution in [2.24, 2.45) is 0 Å². The molecule has 27 heavy (non-hydrogen) atoms. The number of halogens is 1. The van der Waals surface area contributed by atoms with E-state index in [-0.39, 0.29) is 12.1 Å². The first-order valence-corrected chi connectivity index (χ1v) is 8.73. The van der Waals surface area contributed by atoms with Crippen LogP contribution in [0.4, 0.5) is 4.79 Å². The molecule has 138 valence electrons. The number of imide groups is 2. The van der Waals surface area contributed by atoms with Crippen LogP contribution in [0.15, 0.2) is 63.7 Å². The lowest BCUT2D eigenvalue weighted by atomic mass is 10.1. The Kier molecular flexibility index (Phi) is 5.56. The maximum Gasteiger partial charge on any atom is 0.331 e. The molecule has 0 spiro atoms. The second kappa shape index (κ2) is 8.05. The van der Waals surface area contributed by atoms with Crippen molar-refractivity contribution in [1.29, 1.82) is 0 Å². The molecule has 0 unspecified atom stereocenters. The maximum atomic E-state index is 12.7. The molecule has 0 saturated carbocycles. The summed E-state index contributed by atoms with van der Waals surface area (Å²) in [6.45, 7) is 3.87. The minimum absolute atomic E-state index is 0.0691. The van der Waals surface area contributed by atoms with Crippen molar-refractivity contribution >= 4 is 39.9 Å². The van der Waals surface area contributed by atoms with Crippen LogP contribution in [0.3, 0.4) is 0 Å². The van der Waals surface area contributed by atoms with E-state index in [9.17, 15) is 14.4 Å². The number of amides is 4. The van der Waals surface area contributed by atoms with E-state index in [4.69, 9.17) is 9.15 Å². The molecule has 7 nitrogen and oxygen atoms in total. The van der Waals surface area contributed by atoms with Gasteiger partial charge in [-0.25, -0.2) is 4.79 Å². The van der Waals surface area contributed by atoms with Crippen molar-refractivity contribution in [2.45, 2.75) is 6.54 Å². The summed E-state index contributed by atoms with van der Waals surface area (Å²) in [5.74, 6) is -0.406. The predicted octanol–water partition coefficient (Wildman–Crippen LogP) is 3.27. The van der Waals surface area contributed by atoms with E-state index in [0.717, 1.165) is 4.90 Å². The lowest BCUT2D eigenvalue weighted by Crippen LogP contribution is -2.53. The number of urea groups is 1. The highest BCUT2D eigenvalue weighted by atomic mass is 79.9. The Morgan fingerprint density at radius 1 is 1.26 bits per heavy atom. The average molecular weight is 431 g/mol. The number of carbonyl (C=O) groups is 3. The van der Waals surface area contributed by atoms with Crippen molar-refractivity contribution in [3.05, 3.63) is 70.6 Å². The normalized spacial score (nSPS) is 15.8. The fourth-order valence-electron chi connectivity index (χ4n) is 2.44. The van der Waals surface area contributed by atoms with Gasteiger partial charge in [-0.3, -0.25) is 19.8 Å². The minimum Gasteiger partial charge on any atom is -0.488 e. The largest absolute Gasteiger partial charge is 0.488 e. The summed E-state index contributed by atoms with van der Waals surface area (Å²) in [5.41, 5.74) is 0.450. The first kappa shape index (κ1) is 18.7. The Labute approximate surface area is 163 Å². The van der Waals surface area contributed by atoms with E-state index < -0.39 is 17.8 Å². The SMILES string of the molecule is C=CCOc1ccc(/C=C2\C(=O)NC(=O)N(Cc3ccco3)C2=O)cc1Br. The van der Waals surface area contributed by atoms with Crippen molar-refractivity contribution < 1.29 is 23.5 Å². The molecule has 4 amide bonds.